The van der Waals surface area contributed by atoms with E-state index in [4.69, 9.17) is 9.98 Å². The zero-order chi connectivity index (χ0) is 17.4. The van der Waals surface area contributed by atoms with Gasteiger partial charge in [-0.15, -0.1) is 0 Å². The van der Waals surface area contributed by atoms with Crippen molar-refractivity contribution < 1.29 is 10.0 Å². The number of nitrogens with zero attached hydrogens (tertiary/aromatic N) is 2. The van der Waals surface area contributed by atoms with Crippen molar-refractivity contribution in [1.82, 2.24) is 0 Å². The Balaban J connectivity index is 1.96. The van der Waals surface area contributed by atoms with Crippen molar-refractivity contribution in [2.75, 3.05) is 0 Å². The number of hydrogen-bond donors (Lipinski definition) is 2. The molecule has 0 amide bonds. The first-order valence-electron chi connectivity index (χ1n) is 8.17. The summed E-state index contributed by atoms with van der Waals surface area (Å²) >= 11 is 0. The van der Waals surface area contributed by atoms with Gasteiger partial charge in [0.05, 0.1) is 10.7 Å². The van der Waals surface area contributed by atoms with Gasteiger partial charge in [-0.2, -0.15) is 0 Å². The van der Waals surface area contributed by atoms with Crippen molar-refractivity contribution in [1.29, 1.82) is 0 Å². The summed E-state index contributed by atoms with van der Waals surface area (Å²) in [5.41, 5.74) is 2.60. The Hall–Kier alpha value is -2.76. The lowest BCUT2D eigenvalue weighted by Gasteiger charge is -2.25. The predicted molar refractivity (Wildman–Crippen MR) is 97.0 cm³/mol. The number of para-hydroxylation sites is 2. The first-order valence-corrected chi connectivity index (χ1v) is 8.17. The summed E-state index contributed by atoms with van der Waals surface area (Å²) in [6.45, 7) is 2.05. The molecule has 0 saturated heterocycles. The number of benzene rings is 3. The maximum atomic E-state index is 9.35. The van der Waals surface area contributed by atoms with Crippen LogP contribution in [0.1, 0.15) is 16.7 Å². The van der Waals surface area contributed by atoms with E-state index in [0.717, 1.165) is 27.4 Å². The number of fused-ring (bicyclic) bond motifs is 1. The van der Waals surface area contributed by atoms with Crippen LogP contribution in [0, 0.1) is 6.92 Å². The highest BCUT2D eigenvalue weighted by Crippen LogP contribution is 2.35. The summed E-state index contributed by atoms with van der Waals surface area (Å²) < 4.78 is 0. The number of rotatable bonds is 3. The van der Waals surface area contributed by atoms with E-state index in [2.05, 4.69) is 6.07 Å². The summed E-state index contributed by atoms with van der Waals surface area (Å²) in [4.78, 5) is 9.90. The highest BCUT2D eigenvalue weighted by atomic mass is 16.4. The topological polar surface area (TPSA) is 65.2 Å². The molecular weight excluding hydrogens is 311 g/mol. The van der Waals surface area contributed by atoms with E-state index in [1.165, 1.54) is 0 Å². The molecule has 0 bridgehead atoms. The lowest BCUT2D eigenvalue weighted by atomic mass is 9.79. The third-order valence-electron chi connectivity index (χ3n) is 4.48. The maximum Gasteiger partial charge on any atom is 0.488 e. The molecule has 1 aliphatic heterocycles. The normalized spacial score (nSPS) is 14.4. The standard InChI is InChI=1S/C20H17BN2O2/c1-14-5-4-6-16(13-14)20(15-9-11-17(12-10-15)21(24)25)22-18-7-2-3-8-19(18)23-20/h2-13,24-25H,1H3. The fraction of sp³-hybridized carbons (Fsp3) is 0.100. The minimum atomic E-state index is -1.49. The summed E-state index contributed by atoms with van der Waals surface area (Å²) in [6.07, 6.45) is 0. The van der Waals surface area contributed by atoms with E-state index in [-0.39, 0.29) is 0 Å². The van der Waals surface area contributed by atoms with E-state index in [0.29, 0.717) is 5.46 Å². The summed E-state index contributed by atoms with van der Waals surface area (Å²) in [5.74, 6) is 0. The van der Waals surface area contributed by atoms with E-state index in [1.807, 2.05) is 61.5 Å². The molecule has 25 heavy (non-hydrogen) atoms. The Morgan fingerprint density at radius 3 is 1.96 bits per heavy atom. The molecule has 1 aliphatic rings. The van der Waals surface area contributed by atoms with Gasteiger partial charge in [-0.05, 0) is 24.5 Å². The Morgan fingerprint density at radius 2 is 1.40 bits per heavy atom. The summed E-state index contributed by atoms with van der Waals surface area (Å²) in [6, 6.07) is 23.1. The molecule has 4 nitrogen and oxygen atoms in total. The lowest BCUT2D eigenvalue weighted by molar-refractivity contribution is 0.425. The second-order valence-corrected chi connectivity index (χ2v) is 6.25. The second kappa shape index (κ2) is 5.95. The van der Waals surface area contributed by atoms with Gasteiger partial charge in [-0.3, -0.25) is 0 Å². The lowest BCUT2D eigenvalue weighted by Crippen LogP contribution is -2.30. The fourth-order valence-electron chi connectivity index (χ4n) is 3.20. The molecule has 0 saturated carbocycles. The van der Waals surface area contributed by atoms with Crippen molar-refractivity contribution in [2.24, 2.45) is 9.98 Å². The van der Waals surface area contributed by atoms with Crippen molar-refractivity contribution >= 4 is 12.6 Å². The SMILES string of the molecule is Cc1cccc(C2(c3ccc(B(O)O)cc3)N=c3ccccc3=N2)c1. The van der Waals surface area contributed by atoms with Crippen LogP contribution in [0.4, 0.5) is 0 Å². The van der Waals surface area contributed by atoms with Crippen molar-refractivity contribution in [3.8, 4) is 0 Å². The third-order valence-corrected chi connectivity index (χ3v) is 4.48. The molecule has 3 aromatic carbocycles. The minimum Gasteiger partial charge on any atom is -0.423 e. The van der Waals surface area contributed by atoms with Crippen LogP contribution in [0.25, 0.3) is 0 Å². The van der Waals surface area contributed by atoms with Crippen LogP contribution in [-0.2, 0) is 5.66 Å². The van der Waals surface area contributed by atoms with Crippen molar-refractivity contribution in [3.63, 3.8) is 0 Å². The molecule has 3 aromatic rings. The zero-order valence-corrected chi connectivity index (χ0v) is 13.8. The number of hydrogen-bond acceptors (Lipinski definition) is 4. The first kappa shape index (κ1) is 15.8. The van der Waals surface area contributed by atoms with Crippen molar-refractivity contribution in [2.45, 2.75) is 12.6 Å². The smallest absolute Gasteiger partial charge is 0.423 e. The molecule has 5 heteroatoms. The van der Waals surface area contributed by atoms with Gasteiger partial charge in [0.2, 0.25) is 5.66 Å². The van der Waals surface area contributed by atoms with Gasteiger partial charge in [0.15, 0.2) is 0 Å². The van der Waals surface area contributed by atoms with Gasteiger partial charge in [0, 0.05) is 11.1 Å². The molecular formula is C20H17BN2O2. The van der Waals surface area contributed by atoms with E-state index in [9.17, 15) is 10.0 Å². The Bertz CT molecular complexity index is 1010. The van der Waals surface area contributed by atoms with Crippen LogP contribution in [0.2, 0.25) is 0 Å². The first-order chi connectivity index (χ1) is 12.1. The molecule has 0 radical (unpaired) electrons. The Kier molecular flexibility index (Phi) is 3.75. The van der Waals surface area contributed by atoms with Crippen LogP contribution in [0.5, 0.6) is 0 Å². The quantitative estimate of drug-likeness (QED) is 0.700. The molecule has 2 N–H and O–H groups in total. The van der Waals surface area contributed by atoms with Gasteiger partial charge in [-0.1, -0.05) is 66.2 Å². The highest BCUT2D eigenvalue weighted by Gasteiger charge is 2.35. The molecule has 122 valence electrons. The Morgan fingerprint density at radius 1 is 0.760 bits per heavy atom. The van der Waals surface area contributed by atoms with E-state index < -0.39 is 12.8 Å². The third kappa shape index (κ3) is 2.67. The zero-order valence-electron chi connectivity index (χ0n) is 13.8. The number of aryl methyl sites for hydroxylation is 1. The van der Waals surface area contributed by atoms with Crippen LogP contribution < -0.4 is 16.2 Å². The summed E-state index contributed by atoms with van der Waals surface area (Å²) in [7, 11) is -1.49. The van der Waals surface area contributed by atoms with Crippen LogP contribution in [-0.4, -0.2) is 17.2 Å². The van der Waals surface area contributed by atoms with Gasteiger partial charge >= 0.3 is 7.12 Å². The van der Waals surface area contributed by atoms with Gasteiger partial charge in [0.25, 0.3) is 0 Å². The molecule has 0 aliphatic carbocycles. The average Bonchev–Trinajstić information content (AvgIpc) is 3.02. The molecule has 0 atom stereocenters. The van der Waals surface area contributed by atoms with Crippen LogP contribution in [0.15, 0.2) is 82.8 Å². The van der Waals surface area contributed by atoms with Crippen LogP contribution >= 0.6 is 0 Å². The van der Waals surface area contributed by atoms with E-state index in [1.54, 1.807) is 12.1 Å². The highest BCUT2D eigenvalue weighted by molar-refractivity contribution is 6.58. The molecule has 0 unspecified atom stereocenters. The molecule has 0 aromatic heterocycles. The predicted octanol–water partition coefficient (Wildman–Crippen LogP) is 0.829. The van der Waals surface area contributed by atoms with E-state index >= 15 is 0 Å². The monoisotopic (exact) mass is 328 g/mol. The molecule has 0 spiro atoms. The van der Waals surface area contributed by atoms with Crippen LogP contribution in [0.3, 0.4) is 0 Å². The van der Waals surface area contributed by atoms with Crippen molar-refractivity contribution in [3.05, 3.63) is 100 Å². The Labute approximate surface area is 146 Å². The maximum absolute atomic E-state index is 9.35. The summed E-state index contributed by atoms with van der Waals surface area (Å²) in [5, 5.41) is 20.4. The fourth-order valence-corrected chi connectivity index (χ4v) is 3.20. The van der Waals surface area contributed by atoms with Gasteiger partial charge < -0.3 is 10.0 Å². The average molecular weight is 328 g/mol. The largest absolute Gasteiger partial charge is 0.488 e. The second-order valence-electron chi connectivity index (χ2n) is 6.25. The molecule has 1 heterocycles. The minimum absolute atomic E-state index is 0.443. The van der Waals surface area contributed by atoms with Gasteiger partial charge in [0.1, 0.15) is 0 Å². The van der Waals surface area contributed by atoms with Gasteiger partial charge in [-0.25, -0.2) is 9.98 Å². The molecule has 4 rings (SSSR count). The molecule has 0 fully saturated rings.